The number of rotatable bonds is 6. The second kappa shape index (κ2) is 8.32. The van der Waals surface area contributed by atoms with Crippen LogP contribution in [0.15, 0.2) is 24.4 Å². The van der Waals surface area contributed by atoms with Crippen LogP contribution < -0.4 is 5.32 Å². The van der Waals surface area contributed by atoms with Gasteiger partial charge in [0.1, 0.15) is 0 Å². The van der Waals surface area contributed by atoms with Gasteiger partial charge in [-0.1, -0.05) is 23.2 Å². The molecule has 128 valence electrons. The highest BCUT2D eigenvalue weighted by Crippen LogP contribution is 2.27. The second-order valence-electron chi connectivity index (χ2n) is 5.04. The summed E-state index contributed by atoms with van der Waals surface area (Å²) in [7, 11) is 1.53. The van der Waals surface area contributed by atoms with Gasteiger partial charge in [-0.25, -0.2) is 9.78 Å². The van der Waals surface area contributed by atoms with Gasteiger partial charge in [-0.05, 0) is 23.8 Å². The lowest BCUT2D eigenvalue weighted by Gasteiger charge is -2.15. The summed E-state index contributed by atoms with van der Waals surface area (Å²) in [6.45, 7) is 0.123. The van der Waals surface area contributed by atoms with Crippen molar-refractivity contribution in [3.63, 3.8) is 0 Å². The van der Waals surface area contributed by atoms with E-state index in [-0.39, 0.29) is 13.0 Å². The minimum absolute atomic E-state index is 0.111. The van der Waals surface area contributed by atoms with E-state index in [9.17, 15) is 9.59 Å². The number of hydrogen-bond acceptors (Lipinski definition) is 4. The first kappa shape index (κ1) is 18.5. The number of amides is 2. The van der Waals surface area contributed by atoms with Crippen molar-refractivity contribution < 1.29 is 14.7 Å². The zero-order chi connectivity index (χ0) is 17.7. The van der Waals surface area contributed by atoms with E-state index in [0.717, 1.165) is 10.4 Å². The normalized spacial score (nSPS) is 10.5. The Morgan fingerprint density at radius 1 is 1.38 bits per heavy atom. The van der Waals surface area contributed by atoms with Gasteiger partial charge in [0.15, 0.2) is 5.13 Å². The first-order chi connectivity index (χ1) is 11.3. The topological polar surface area (TPSA) is 82.5 Å². The van der Waals surface area contributed by atoms with E-state index in [2.05, 4.69) is 10.3 Å². The molecule has 0 saturated carbocycles. The molecular formula is C15H15Cl2N3O3S. The Morgan fingerprint density at radius 2 is 2.12 bits per heavy atom. The van der Waals surface area contributed by atoms with Gasteiger partial charge in [0.2, 0.25) is 0 Å². The summed E-state index contributed by atoms with van der Waals surface area (Å²) >= 11 is 13.4. The molecule has 2 rings (SSSR count). The number of thiazole rings is 1. The molecule has 0 atom stereocenters. The molecule has 0 saturated heterocycles. The molecule has 0 aliphatic carbocycles. The summed E-state index contributed by atoms with van der Waals surface area (Å²) in [4.78, 5) is 28.8. The molecule has 1 aromatic heterocycles. The van der Waals surface area contributed by atoms with Gasteiger partial charge in [-0.15, -0.1) is 11.3 Å². The SMILES string of the molecule is CN(CCC(=O)O)C(=O)Nc1ncc(Cc2cc(Cl)ccc2Cl)s1. The molecule has 0 spiro atoms. The average Bonchev–Trinajstić information content (AvgIpc) is 2.95. The van der Waals surface area contributed by atoms with Crippen LogP contribution >= 0.6 is 34.5 Å². The van der Waals surface area contributed by atoms with Crippen LogP contribution in [0.5, 0.6) is 0 Å². The van der Waals surface area contributed by atoms with E-state index >= 15 is 0 Å². The first-order valence-corrected chi connectivity index (χ1v) is 8.55. The maximum absolute atomic E-state index is 11.9. The van der Waals surface area contributed by atoms with E-state index in [0.29, 0.717) is 21.6 Å². The van der Waals surface area contributed by atoms with Crippen molar-refractivity contribution in [3.8, 4) is 0 Å². The average molecular weight is 388 g/mol. The van der Waals surface area contributed by atoms with Crippen molar-refractivity contribution in [2.24, 2.45) is 0 Å². The molecule has 9 heteroatoms. The number of urea groups is 1. The predicted molar refractivity (Wildman–Crippen MR) is 95.3 cm³/mol. The Kier molecular flexibility index (Phi) is 6.42. The van der Waals surface area contributed by atoms with Crippen LogP contribution in [0.3, 0.4) is 0 Å². The molecule has 0 radical (unpaired) electrons. The molecule has 0 bridgehead atoms. The molecule has 0 fully saturated rings. The van der Waals surface area contributed by atoms with Gasteiger partial charge >= 0.3 is 12.0 Å². The molecule has 24 heavy (non-hydrogen) atoms. The highest BCUT2D eigenvalue weighted by atomic mass is 35.5. The Hall–Kier alpha value is -1.83. The molecule has 0 aliphatic heterocycles. The van der Waals surface area contributed by atoms with Crippen LogP contribution in [0.4, 0.5) is 9.93 Å². The number of aromatic nitrogens is 1. The fourth-order valence-electron chi connectivity index (χ4n) is 1.87. The minimum Gasteiger partial charge on any atom is -0.481 e. The molecule has 2 N–H and O–H groups in total. The summed E-state index contributed by atoms with van der Waals surface area (Å²) in [5.74, 6) is -0.954. The molecule has 0 aliphatic rings. The first-order valence-electron chi connectivity index (χ1n) is 6.97. The van der Waals surface area contributed by atoms with Crippen molar-refractivity contribution >= 4 is 51.7 Å². The Bertz CT molecular complexity index is 751. The van der Waals surface area contributed by atoms with Gasteiger partial charge in [0.25, 0.3) is 0 Å². The second-order valence-corrected chi connectivity index (χ2v) is 7.00. The Labute approximate surface area is 153 Å². The van der Waals surface area contributed by atoms with Crippen LogP contribution in [0, 0.1) is 0 Å². The smallest absolute Gasteiger partial charge is 0.323 e. The lowest BCUT2D eigenvalue weighted by Crippen LogP contribution is -2.33. The summed E-state index contributed by atoms with van der Waals surface area (Å²) in [5.41, 5.74) is 0.879. The van der Waals surface area contributed by atoms with Crippen LogP contribution in [-0.4, -0.2) is 40.6 Å². The minimum atomic E-state index is -0.954. The van der Waals surface area contributed by atoms with E-state index < -0.39 is 12.0 Å². The van der Waals surface area contributed by atoms with Crippen molar-refractivity contribution in [3.05, 3.63) is 44.9 Å². The van der Waals surface area contributed by atoms with Crippen LogP contribution in [0.25, 0.3) is 0 Å². The van der Waals surface area contributed by atoms with E-state index in [1.54, 1.807) is 24.4 Å². The summed E-state index contributed by atoms with van der Waals surface area (Å²) in [6, 6.07) is 4.85. The predicted octanol–water partition coefficient (Wildman–Crippen LogP) is 3.98. The highest BCUT2D eigenvalue weighted by Gasteiger charge is 2.13. The van der Waals surface area contributed by atoms with Gasteiger partial charge in [-0.2, -0.15) is 0 Å². The van der Waals surface area contributed by atoms with Crippen molar-refractivity contribution in [1.82, 2.24) is 9.88 Å². The van der Waals surface area contributed by atoms with Gasteiger partial charge in [-0.3, -0.25) is 10.1 Å². The number of carboxylic acids is 1. The molecule has 2 aromatic rings. The number of halogens is 2. The standard InChI is InChI=1S/C15H15Cl2N3O3S/c1-20(5-4-13(21)22)15(23)19-14-18-8-11(24-14)7-9-6-10(16)2-3-12(9)17/h2-3,6,8H,4-5,7H2,1H3,(H,21,22)(H,18,19,23). The van der Waals surface area contributed by atoms with Crippen molar-refractivity contribution in [2.75, 3.05) is 18.9 Å². The maximum atomic E-state index is 11.9. The number of aliphatic carboxylic acids is 1. The summed E-state index contributed by atoms with van der Waals surface area (Å²) in [6.07, 6.45) is 2.11. The number of carboxylic acid groups (broad SMARTS) is 1. The highest BCUT2D eigenvalue weighted by molar-refractivity contribution is 7.15. The molecule has 2 amide bonds. The largest absolute Gasteiger partial charge is 0.481 e. The van der Waals surface area contributed by atoms with E-state index in [1.165, 1.54) is 23.3 Å². The van der Waals surface area contributed by atoms with Crippen molar-refractivity contribution in [2.45, 2.75) is 12.8 Å². The third-order valence-electron chi connectivity index (χ3n) is 3.15. The fourth-order valence-corrected chi connectivity index (χ4v) is 3.07. The lowest BCUT2D eigenvalue weighted by molar-refractivity contribution is -0.137. The third kappa shape index (κ3) is 5.36. The van der Waals surface area contributed by atoms with Gasteiger partial charge in [0, 0.05) is 41.1 Å². The number of carbonyl (C=O) groups excluding carboxylic acids is 1. The molecule has 6 nitrogen and oxygen atoms in total. The molecular weight excluding hydrogens is 373 g/mol. The summed E-state index contributed by atoms with van der Waals surface area (Å²) in [5, 5.41) is 12.9. The van der Waals surface area contributed by atoms with Crippen LogP contribution in [-0.2, 0) is 11.2 Å². The maximum Gasteiger partial charge on any atom is 0.323 e. The summed E-state index contributed by atoms with van der Waals surface area (Å²) < 4.78 is 0. The number of carbonyl (C=O) groups is 2. The molecule has 0 unspecified atom stereocenters. The van der Waals surface area contributed by atoms with Crippen LogP contribution in [0.2, 0.25) is 10.0 Å². The zero-order valence-corrected chi connectivity index (χ0v) is 15.1. The van der Waals surface area contributed by atoms with Gasteiger partial charge < -0.3 is 10.0 Å². The number of benzene rings is 1. The van der Waals surface area contributed by atoms with Crippen molar-refractivity contribution in [1.29, 1.82) is 0 Å². The fraction of sp³-hybridized carbons (Fsp3) is 0.267. The number of anilines is 1. The molecule has 1 aromatic carbocycles. The zero-order valence-electron chi connectivity index (χ0n) is 12.8. The van der Waals surface area contributed by atoms with E-state index in [4.69, 9.17) is 28.3 Å². The third-order valence-corrected chi connectivity index (χ3v) is 4.66. The quantitative estimate of drug-likeness (QED) is 0.784. The number of hydrogen-bond donors (Lipinski definition) is 2. The number of nitrogens with zero attached hydrogens (tertiary/aromatic N) is 2. The number of nitrogens with one attached hydrogen (secondary N) is 1. The monoisotopic (exact) mass is 387 g/mol. The molecule has 1 heterocycles. The van der Waals surface area contributed by atoms with Gasteiger partial charge in [0.05, 0.1) is 6.42 Å². The Morgan fingerprint density at radius 3 is 2.83 bits per heavy atom. The lowest BCUT2D eigenvalue weighted by atomic mass is 10.1. The Balaban J connectivity index is 1.96. The van der Waals surface area contributed by atoms with Crippen LogP contribution in [0.1, 0.15) is 16.9 Å². The van der Waals surface area contributed by atoms with E-state index in [1.807, 2.05) is 0 Å².